The Hall–Kier alpha value is -2.77. The van der Waals surface area contributed by atoms with Gasteiger partial charge in [0.1, 0.15) is 36.3 Å². The van der Waals surface area contributed by atoms with Crippen molar-refractivity contribution < 1.29 is 28.6 Å². The quantitative estimate of drug-likeness (QED) is 0.551. The highest BCUT2D eigenvalue weighted by atomic mass is 16.5. The first kappa shape index (κ1) is 21.5. The Morgan fingerprint density at radius 3 is 2.84 bits per heavy atom. The SMILES string of the molecule is CCOc1cc2c(cc1COC(=O)CN1C(=O)NC3(CCCCC3C)C1=O)OC(C)C2. The van der Waals surface area contributed by atoms with Gasteiger partial charge in [0.15, 0.2) is 0 Å². The highest BCUT2D eigenvalue weighted by Gasteiger charge is 2.55. The Labute approximate surface area is 182 Å². The molecule has 1 saturated carbocycles. The summed E-state index contributed by atoms with van der Waals surface area (Å²) in [6.45, 7) is 5.93. The largest absolute Gasteiger partial charge is 0.493 e. The highest BCUT2D eigenvalue weighted by Crippen LogP contribution is 2.38. The fraction of sp³-hybridized carbons (Fsp3) is 0.609. The third-order valence-electron chi connectivity index (χ3n) is 6.56. The summed E-state index contributed by atoms with van der Waals surface area (Å²) < 4.78 is 16.9. The number of carbonyl (C=O) groups is 3. The Morgan fingerprint density at radius 2 is 2.10 bits per heavy atom. The smallest absolute Gasteiger partial charge is 0.326 e. The number of urea groups is 1. The molecular formula is C23H30N2O6. The molecule has 1 aromatic rings. The zero-order valence-corrected chi connectivity index (χ0v) is 18.4. The second kappa shape index (κ2) is 8.40. The van der Waals surface area contributed by atoms with Gasteiger partial charge in [0.05, 0.1) is 6.61 Å². The van der Waals surface area contributed by atoms with Crippen LogP contribution in [0.4, 0.5) is 4.79 Å². The number of benzene rings is 1. The molecule has 3 unspecified atom stereocenters. The lowest BCUT2D eigenvalue weighted by atomic mass is 9.73. The summed E-state index contributed by atoms with van der Waals surface area (Å²) >= 11 is 0. The van der Waals surface area contributed by atoms with Gasteiger partial charge in [0.25, 0.3) is 5.91 Å². The zero-order valence-electron chi connectivity index (χ0n) is 18.4. The van der Waals surface area contributed by atoms with Crippen molar-refractivity contribution in [3.8, 4) is 11.5 Å². The van der Waals surface area contributed by atoms with Crippen LogP contribution in [0.25, 0.3) is 0 Å². The van der Waals surface area contributed by atoms with Crippen LogP contribution in [0.1, 0.15) is 57.6 Å². The molecule has 1 saturated heterocycles. The fourth-order valence-corrected chi connectivity index (χ4v) is 4.86. The van der Waals surface area contributed by atoms with Gasteiger partial charge in [-0.3, -0.25) is 14.5 Å². The van der Waals surface area contributed by atoms with Crippen LogP contribution < -0.4 is 14.8 Å². The molecule has 3 aliphatic rings. The van der Waals surface area contributed by atoms with Crippen molar-refractivity contribution in [1.29, 1.82) is 0 Å². The molecule has 1 N–H and O–H groups in total. The maximum absolute atomic E-state index is 13.0. The molecule has 1 spiro atoms. The first-order valence-corrected chi connectivity index (χ1v) is 11.1. The number of nitrogens with one attached hydrogen (secondary N) is 1. The molecule has 1 aliphatic carbocycles. The van der Waals surface area contributed by atoms with E-state index in [1.165, 1.54) is 0 Å². The van der Waals surface area contributed by atoms with E-state index in [-0.39, 0.29) is 24.5 Å². The number of amides is 3. The van der Waals surface area contributed by atoms with Gasteiger partial charge in [-0.25, -0.2) is 4.79 Å². The summed E-state index contributed by atoms with van der Waals surface area (Å²) in [6.07, 6.45) is 4.31. The number of nitrogens with zero attached hydrogens (tertiary/aromatic N) is 1. The topological polar surface area (TPSA) is 94.2 Å². The minimum absolute atomic E-state index is 0.0234. The summed E-state index contributed by atoms with van der Waals surface area (Å²) in [4.78, 5) is 39.0. The van der Waals surface area contributed by atoms with Crippen LogP contribution in [-0.4, -0.2) is 47.6 Å². The minimum Gasteiger partial charge on any atom is -0.493 e. The second-order valence-electron chi connectivity index (χ2n) is 8.73. The number of fused-ring (bicyclic) bond motifs is 1. The monoisotopic (exact) mass is 430 g/mol. The summed E-state index contributed by atoms with van der Waals surface area (Å²) in [6, 6.07) is 3.24. The van der Waals surface area contributed by atoms with E-state index in [0.29, 0.717) is 24.3 Å². The van der Waals surface area contributed by atoms with Gasteiger partial charge in [0, 0.05) is 17.5 Å². The third kappa shape index (κ3) is 3.95. The molecule has 0 aromatic heterocycles. The van der Waals surface area contributed by atoms with E-state index < -0.39 is 24.1 Å². The van der Waals surface area contributed by atoms with Crippen LogP contribution >= 0.6 is 0 Å². The van der Waals surface area contributed by atoms with Gasteiger partial charge in [-0.1, -0.05) is 19.8 Å². The first-order valence-electron chi connectivity index (χ1n) is 11.1. The third-order valence-corrected chi connectivity index (χ3v) is 6.56. The average Bonchev–Trinajstić information content (AvgIpc) is 3.20. The molecule has 3 atom stereocenters. The van der Waals surface area contributed by atoms with Crippen molar-refractivity contribution in [3.63, 3.8) is 0 Å². The van der Waals surface area contributed by atoms with Crippen molar-refractivity contribution in [3.05, 3.63) is 23.3 Å². The van der Waals surface area contributed by atoms with Gasteiger partial charge < -0.3 is 19.5 Å². The number of hydrogen-bond donors (Lipinski definition) is 1. The molecule has 2 fully saturated rings. The van der Waals surface area contributed by atoms with Crippen LogP contribution in [0, 0.1) is 5.92 Å². The van der Waals surface area contributed by atoms with Crippen molar-refractivity contribution >= 4 is 17.9 Å². The first-order chi connectivity index (χ1) is 14.8. The van der Waals surface area contributed by atoms with Gasteiger partial charge >= 0.3 is 12.0 Å². The fourth-order valence-electron chi connectivity index (χ4n) is 4.86. The van der Waals surface area contributed by atoms with E-state index in [9.17, 15) is 14.4 Å². The summed E-state index contributed by atoms with van der Waals surface area (Å²) in [7, 11) is 0. The molecule has 0 radical (unpaired) electrons. The molecule has 0 bridgehead atoms. The van der Waals surface area contributed by atoms with Crippen molar-refractivity contribution in [2.45, 2.75) is 71.1 Å². The molecule has 4 rings (SSSR count). The molecule has 2 aliphatic heterocycles. The average molecular weight is 431 g/mol. The van der Waals surface area contributed by atoms with Crippen LogP contribution in [0.5, 0.6) is 11.5 Å². The summed E-state index contributed by atoms with van der Waals surface area (Å²) in [5.74, 6) is 0.500. The van der Waals surface area contributed by atoms with Crippen LogP contribution in [0.3, 0.4) is 0 Å². The van der Waals surface area contributed by atoms with E-state index in [4.69, 9.17) is 14.2 Å². The molecule has 168 valence electrons. The Kier molecular flexibility index (Phi) is 5.81. The summed E-state index contributed by atoms with van der Waals surface area (Å²) in [5, 5.41) is 2.85. The van der Waals surface area contributed by atoms with Gasteiger partial charge in [-0.15, -0.1) is 0 Å². The van der Waals surface area contributed by atoms with E-state index in [0.717, 1.165) is 41.9 Å². The van der Waals surface area contributed by atoms with Crippen molar-refractivity contribution in [2.24, 2.45) is 5.92 Å². The number of ether oxygens (including phenoxy) is 3. The standard InChI is InChI=1S/C23H30N2O6/c1-4-29-18-10-16-9-15(3)31-19(16)11-17(18)13-30-20(26)12-25-21(27)23(24-22(25)28)8-6-5-7-14(23)2/h10-11,14-15H,4-9,12-13H2,1-3H3,(H,24,28). The van der Waals surface area contributed by atoms with E-state index in [1.807, 2.05) is 32.9 Å². The van der Waals surface area contributed by atoms with Crippen molar-refractivity contribution in [2.75, 3.05) is 13.2 Å². The normalized spacial score (nSPS) is 27.1. The zero-order chi connectivity index (χ0) is 22.2. The lowest BCUT2D eigenvalue weighted by Crippen LogP contribution is -2.54. The van der Waals surface area contributed by atoms with Gasteiger partial charge in [0.2, 0.25) is 0 Å². The maximum atomic E-state index is 13.0. The number of rotatable bonds is 6. The molecule has 1 aromatic carbocycles. The highest BCUT2D eigenvalue weighted by molar-refractivity contribution is 6.08. The number of carbonyl (C=O) groups excluding carboxylic acids is 3. The van der Waals surface area contributed by atoms with E-state index in [2.05, 4.69) is 5.32 Å². The molecule has 8 heteroatoms. The Bertz CT molecular complexity index is 900. The molecule has 31 heavy (non-hydrogen) atoms. The number of hydrogen-bond acceptors (Lipinski definition) is 6. The summed E-state index contributed by atoms with van der Waals surface area (Å²) in [5.41, 5.74) is 0.876. The second-order valence-corrected chi connectivity index (χ2v) is 8.73. The van der Waals surface area contributed by atoms with Gasteiger partial charge in [-0.2, -0.15) is 0 Å². The van der Waals surface area contributed by atoms with E-state index in [1.54, 1.807) is 0 Å². The molecule has 3 amide bonds. The number of imide groups is 1. The maximum Gasteiger partial charge on any atom is 0.326 e. The predicted octanol–water partition coefficient (Wildman–Crippen LogP) is 2.95. The number of esters is 1. The predicted molar refractivity (Wildman–Crippen MR) is 112 cm³/mol. The Balaban J connectivity index is 1.41. The minimum atomic E-state index is -0.883. The molecule has 2 heterocycles. The molecular weight excluding hydrogens is 400 g/mol. The molecule has 8 nitrogen and oxygen atoms in total. The lowest BCUT2D eigenvalue weighted by Gasteiger charge is -2.36. The Morgan fingerprint density at radius 1 is 1.29 bits per heavy atom. The van der Waals surface area contributed by atoms with Crippen LogP contribution in [0.2, 0.25) is 0 Å². The van der Waals surface area contributed by atoms with Crippen molar-refractivity contribution in [1.82, 2.24) is 10.2 Å². The van der Waals surface area contributed by atoms with E-state index >= 15 is 0 Å². The van der Waals surface area contributed by atoms with Gasteiger partial charge in [-0.05, 0) is 44.7 Å². The van der Waals surface area contributed by atoms with Crippen LogP contribution in [-0.2, 0) is 27.4 Å². The van der Waals surface area contributed by atoms with Crippen LogP contribution in [0.15, 0.2) is 12.1 Å². The lowest BCUT2D eigenvalue weighted by molar-refractivity contribution is -0.149.